The number of hydrogen-bond donors (Lipinski definition) is 1. The Bertz CT molecular complexity index is 457. The Hall–Kier alpha value is -2.11. The van der Waals surface area contributed by atoms with E-state index in [9.17, 15) is 14.9 Å². The molecule has 1 amide bonds. The minimum absolute atomic E-state index is 0.00843. The number of amides is 1. The smallest absolute Gasteiger partial charge is 0.311 e. The van der Waals surface area contributed by atoms with Crippen molar-refractivity contribution < 1.29 is 14.5 Å². The number of nitrogens with zero attached hydrogens (tertiary/aromatic N) is 1. The van der Waals surface area contributed by atoms with Crippen LogP contribution in [0, 0.1) is 17.0 Å². The van der Waals surface area contributed by atoms with E-state index in [1.807, 2.05) is 13.8 Å². The third-order valence-corrected chi connectivity index (χ3v) is 2.12. The van der Waals surface area contributed by atoms with Gasteiger partial charge in [-0.25, -0.2) is 0 Å². The zero-order valence-corrected chi connectivity index (χ0v) is 10.6. The standard InChI is InChI=1S/C12H16N2O4/c1-8(2)13-12(15)7-18-11-5-4-9(3)6-10(11)14(16)17/h4-6,8H,7H2,1-3H3,(H,13,15). The van der Waals surface area contributed by atoms with E-state index in [0.717, 1.165) is 5.56 Å². The summed E-state index contributed by atoms with van der Waals surface area (Å²) in [6, 6.07) is 4.61. The number of hydrogen-bond acceptors (Lipinski definition) is 4. The molecule has 1 N–H and O–H groups in total. The Balaban J connectivity index is 2.73. The molecule has 0 bridgehead atoms. The number of nitro benzene ring substituents is 1. The minimum Gasteiger partial charge on any atom is -0.477 e. The lowest BCUT2D eigenvalue weighted by atomic mass is 10.2. The van der Waals surface area contributed by atoms with Gasteiger partial charge in [0.1, 0.15) is 0 Å². The number of nitrogens with one attached hydrogen (secondary N) is 1. The number of benzene rings is 1. The molecule has 0 unspecified atom stereocenters. The quantitative estimate of drug-likeness (QED) is 0.640. The van der Waals surface area contributed by atoms with E-state index in [0.29, 0.717) is 0 Å². The van der Waals surface area contributed by atoms with Crippen molar-refractivity contribution in [1.82, 2.24) is 5.32 Å². The number of nitro groups is 1. The molecule has 98 valence electrons. The molecule has 0 aliphatic heterocycles. The van der Waals surface area contributed by atoms with E-state index < -0.39 is 4.92 Å². The third-order valence-electron chi connectivity index (χ3n) is 2.12. The van der Waals surface area contributed by atoms with Crippen molar-refractivity contribution in [3.05, 3.63) is 33.9 Å². The van der Waals surface area contributed by atoms with Crippen molar-refractivity contribution in [3.8, 4) is 5.75 Å². The van der Waals surface area contributed by atoms with Crippen molar-refractivity contribution in [2.75, 3.05) is 6.61 Å². The first-order valence-corrected chi connectivity index (χ1v) is 5.57. The van der Waals surface area contributed by atoms with Crippen LogP contribution in [0.25, 0.3) is 0 Å². The Morgan fingerprint density at radius 3 is 2.72 bits per heavy atom. The van der Waals surface area contributed by atoms with Gasteiger partial charge in [-0.1, -0.05) is 6.07 Å². The van der Waals surface area contributed by atoms with Gasteiger partial charge in [0.15, 0.2) is 12.4 Å². The fourth-order valence-electron chi connectivity index (χ4n) is 1.40. The lowest BCUT2D eigenvalue weighted by Gasteiger charge is -2.10. The number of carbonyl (C=O) groups is 1. The molecule has 1 rings (SSSR count). The average Bonchev–Trinajstić information content (AvgIpc) is 2.26. The predicted octanol–water partition coefficient (Wildman–Crippen LogP) is 1.81. The van der Waals surface area contributed by atoms with Crippen LogP contribution in [0.3, 0.4) is 0 Å². The Labute approximate surface area is 105 Å². The molecule has 18 heavy (non-hydrogen) atoms. The summed E-state index contributed by atoms with van der Waals surface area (Å²) in [6.45, 7) is 5.17. The number of ether oxygens (including phenoxy) is 1. The molecule has 0 aliphatic rings. The van der Waals surface area contributed by atoms with Gasteiger partial charge in [-0.15, -0.1) is 0 Å². The highest BCUT2D eigenvalue weighted by Crippen LogP contribution is 2.27. The average molecular weight is 252 g/mol. The van der Waals surface area contributed by atoms with Crippen molar-refractivity contribution >= 4 is 11.6 Å². The third kappa shape index (κ3) is 4.04. The summed E-state index contributed by atoms with van der Waals surface area (Å²) in [5.41, 5.74) is 0.632. The van der Waals surface area contributed by atoms with E-state index in [-0.39, 0.29) is 30.0 Å². The largest absolute Gasteiger partial charge is 0.477 e. The van der Waals surface area contributed by atoms with Crippen LogP contribution >= 0.6 is 0 Å². The summed E-state index contributed by atoms with van der Waals surface area (Å²) < 4.78 is 5.16. The predicted molar refractivity (Wildman–Crippen MR) is 66.6 cm³/mol. The van der Waals surface area contributed by atoms with Crippen LogP contribution < -0.4 is 10.1 Å². The normalized spacial score (nSPS) is 10.2. The maximum Gasteiger partial charge on any atom is 0.311 e. The number of aryl methyl sites for hydroxylation is 1. The molecular formula is C12H16N2O4. The zero-order valence-electron chi connectivity index (χ0n) is 10.6. The fraction of sp³-hybridized carbons (Fsp3) is 0.417. The van der Waals surface area contributed by atoms with Crippen molar-refractivity contribution in [2.24, 2.45) is 0 Å². The molecule has 6 heteroatoms. The monoisotopic (exact) mass is 252 g/mol. The molecule has 0 aliphatic carbocycles. The Morgan fingerprint density at radius 1 is 1.50 bits per heavy atom. The van der Waals surface area contributed by atoms with Crippen LogP contribution in [0.4, 0.5) is 5.69 Å². The zero-order chi connectivity index (χ0) is 13.7. The molecule has 0 heterocycles. The van der Waals surface area contributed by atoms with Gasteiger partial charge in [0.05, 0.1) is 4.92 Å². The van der Waals surface area contributed by atoms with Crippen LogP contribution in [0.2, 0.25) is 0 Å². The van der Waals surface area contributed by atoms with Crippen LogP contribution in [-0.2, 0) is 4.79 Å². The molecule has 6 nitrogen and oxygen atoms in total. The molecule has 0 aromatic heterocycles. The molecule has 0 fully saturated rings. The topological polar surface area (TPSA) is 81.5 Å². The van der Waals surface area contributed by atoms with Crippen LogP contribution in [0.1, 0.15) is 19.4 Å². The molecule has 0 radical (unpaired) electrons. The van der Waals surface area contributed by atoms with Crippen molar-refractivity contribution in [3.63, 3.8) is 0 Å². The van der Waals surface area contributed by atoms with Gasteiger partial charge in [0, 0.05) is 12.1 Å². The minimum atomic E-state index is -0.525. The van der Waals surface area contributed by atoms with Crippen LogP contribution in [0.5, 0.6) is 5.75 Å². The van der Waals surface area contributed by atoms with Gasteiger partial charge in [-0.2, -0.15) is 0 Å². The summed E-state index contributed by atoms with van der Waals surface area (Å²) in [7, 11) is 0. The van der Waals surface area contributed by atoms with Crippen molar-refractivity contribution in [2.45, 2.75) is 26.8 Å². The van der Waals surface area contributed by atoms with Gasteiger partial charge < -0.3 is 10.1 Å². The summed E-state index contributed by atoms with van der Waals surface area (Å²) in [6.07, 6.45) is 0. The van der Waals surface area contributed by atoms with Gasteiger partial charge in [0.25, 0.3) is 5.91 Å². The molecular weight excluding hydrogens is 236 g/mol. The van der Waals surface area contributed by atoms with E-state index >= 15 is 0 Å². The number of rotatable bonds is 5. The molecule has 1 aromatic rings. The van der Waals surface area contributed by atoms with E-state index in [1.54, 1.807) is 13.0 Å². The molecule has 0 saturated carbocycles. The highest BCUT2D eigenvalue weighted by molar-refractivity contribution is 5.77. The summed E-state index contributed by atoms with van der Waals surface area (Å²) in [5, 5.41) is 13.5. The summed E-state index contributed by atoms with van der Waals surface area (Å²) >= 11 is 0. The first-order chi connectivity index (χ1) is 8.40. The highest BCUT2D eigenvalue weighted by Gasteiger charge is 2.16. The summed E-state index contributed by atoms with van der Waals surface area (Å²) in [4.78, 5) is 21.7. The van der Waals surface area contributed by atoms with E-state index in [2.05, 4.69) is 5.32 Å². The lowest BCUT2D eigenvalue weighted by molar-refractivity contribution is -0.385. The highest BCUT2D eigenvalue weighted by atomic mass is 16.6. The van der Waals surface area contributed by atoms with Gasteiger partial charge >= 0.3 is 5.69 Å². The first-order valence-electron chi connectivity index (χ1n) is 5.57. The second-order valence-electron chi connectivity index (χ2n) is 4.24. The molecule has 0 atom stereocenters. The van der Waals surface area contributed by atoms with Crippen LogP contribution in [-0.4, -0.2) is 23.5 Å². The molecule has 0 spiro atoms. The lowest BCUT2D eigenvalue weighted by Crippen LogP contribution is -2.34. The van der Waals surface area contributed by atoms with Gasteiger partial charge in [-0.05, 0) is 32.4 Å². The van der Waals surface area contributed by atoms with Gasteiger partial charge in [-0.3, -0.25) is 14.9 Å². The Kier molecular flexibility index (Phi) is 4.65. The van der Waals surface area contributed by atoms with E-state index in [4.69, 9.17) is 4.74 Å². The molecule has 0 saturated heterocycles. The fourth-order valence-corrected chi connectivity index (χ4v) is 1.40. The van der Waals surface area contributed by atoms with Crippen molar-refractivity contribution in [1.29, 1.82) is 0 Å². The summed E-state index contributed by atoms with van der Waals surface area (Å²) in [5.74, 6) is -0.204. The van der Waals surface area contributed by atoms with Crippen LogP contribution in [0.15, 0.2) is 18.2 Å². The number of carbonyl (C=O) groups excluding carboxylic acids is 1. The first kappa shape index (κ1) is 14.0. The second kappa shape index (κ2) is 6.00. The molecule has 1 aromatic carbocycles. The SMILES string of the molecule is Cc1ccc(OCC(=O)NC(C)C)c([N+](=O)[O-])c1. The maximum absolute atomic E-state index is 11.4. The Morgan fingerprint density at radius 2 is 2.17 bits per heavy atom. The maximum atomic E-state index is 11.4. The van der Waals surface area contributed by atoms with Gasteiger partial charge in [0.2, 0.25) is 0 Å². The van der Waals surface area contributed by atoms with E-state index in [1.165, 1.54) is 12.1 Å². The second-order valence-corrected chi connectivity index (χ2v) is 4.24.